The third kappa shape index (κ3) is 3.72. The summed E-state index contributed by atoms with van der Waals surface area (Å²) < 4.78 is 1.70. The number of carbonyl (C=O) groups excluding carboxylic acids is 1. The van der Waals surface area contributed by atoms with Gasteiger partial charge in [-0.1, -0.05) is 11.6 Å². The predicted molar refractivity (Wildman–Crippen MR) is 76.5 cm³/mol. The maximum atomic E-state index is 11.8. The first-order valence-corrected chi connectivity index (χ1v) is 6.22. The minimum atomic E-state index is -0.120. The predicted octanol–water partition coefficient (Wildman–Crippen LogP) is 2.43. The molecule has 1 heterocycles. The van der Waals surface area contributed by atoms with Gasteiger partial charge < -0.3 is 10.6 Å². The van der Waals surface area contributed by atoms with Crippen LogP contribution in [0.2, 0.25) is 5.02 Å². The Morgan fingerprint density at radius 1 is 1.37 bits per heavy atom. The van der Waals surface area contributed by atoms with E-state index in [4.69, 9.17) is 11.6 Å². The lowest BCUT2D eigenvalue weighted by molar-refractivity contribution is -0.114. The molecule has 19 heavy (non-hydrogen) atoms. The summed E-state index contributed by atoms with van der Waals surface area (Å²) in [6.07, 6.45) is 1.84. The van der Waals surface area contributed by atoms with Gasteiger partial charge in [0, 0.05) is 24.0 Å². The largest absolute Gasteiger partial charge is 0.373 e. The number of benzene rings is 1. The van der Waals surface area contributed by atoms with E-state index in [0.717, 1.165) is 17.1 Å². The van der Waals surface area contributed by atoms with E-state index >= 15 is 0 Å². The van der Waals surface area contributed by atoms with Crippen LogP contribution in [0.4, 0.5) is 11.4 Å². The van der Waals surface area contributed by atoms with Crippen molar-refractivity contribution in [2.45, 2.75) is 6.92 Å². The molecule has 1 amide bonds. The molecule has 6 heteroatoms. The van der Waals surface area contributed by atoms with Gasteiger partial charge >= 0.3 is 0 Å². The van der Waals surface area contributed by atoms with Crippen LogP contribution in [0.15, 0.2) is 30.5 Å². The van der Waals surface area contributed by atoms with Gasteiger partial charge in [0.1, 0.15) is 0 Å². The van der Waals surface area contributed by atoms with E-state index in [1.165, 1.54) is 0 Å². The second kappa shape index (κ2) is 5.75. The van der Waals surface area contributed by atoms with Crippen molar-refractivity contribution in [1.82, 2.24) is 9.78 Å². The molecule has 0 atom stereocenters. The minimum absolute atomic E-state index is 0.120. The Labute approximate surface area is 116 Å². The Balaban J connectivity index is 1.88. The summed E-state index contributed by atoms with van der Waals surface area (Å²) in [7, 11) is 1.84. The van der Waals surface area contributed by atoms with Crippen LogP contribution in [0.5, 0.6) is 0 Å². The molecule has 2 rings (SSSR count). The highest BCUT2D eigenvalue weighted by molar-refractivity contribution is 6.30. The molecular weight excluding hydrogens is 264 g/mol. The molecule has 5 nitrogen and oxygen atoms in total. The minimum Gasteiger partial charge on any atom is -0.373 e. The van der Waals surface area contributed by atoms with Gasteiger partial charge in [-0.2, -0.15) is 5.10 Å². The maximum Gasteiger partial charge on any atom is 0.243 e. The Bertz CT molecular complexity index is 577. The lowest BCUT2D eigenvalue weighted by Crippen LogP contribution is -2.21. The van der Waals surface area contributed by atoms with E-state index in [-0.39, 0.29) is 12.5 Å². The number of hydrogen-bond acceptors (Lipinski definition) is 3. The smallest absolute Gasteiger partial charge is 0.243 e. The van der Waals surface area contributed by atoms with Crippen molar-refractivity contribution in [1.29, 1.82) is 0 Å². The van der Waals surface area contributed by atoms with Gasteiger partial charge in [-0.15, -0.1) is 0 Å². The van der Waals surface area contributed by atoms with Gasteiger partial charge in [-0.3, -0.25) is 9.48 Å². The van der Waals surface area contributed by atoms with E-state index < -0.39 is 0 Å². The summed E-state index contributed by atoms with van der Waals surface area (Å²) in [6, 6.07) is 6.98. The van der Waals surface area contributed by atoms with Crippen molar-refractivity contribution >= 4 is 28.9 Å². The Hall–Kier alpha value is -2.01. The van der Waals surface area contributed by atoms with Crippen LogP contribution in [-0.4, -0.2) is 22.2 Å². The van der Waals surface area contributed by atoms with Crippen molar-refractivity contribution in [2.75, 3.05) is 17.2 Å². The van der Waals surface area contributed by atoms with E-state index in [9.17, 15) is 4.79 Å². The molecule has 2 aromatic rings. The molecule has 0 unspecified atom stereocenters. The molecule has 0 saturated heterocycles. The Morgan fingerprint density at radius 2 is 2.05 bits per heavy atom. The number of aryl methyl sites for hydroxylation is 2. The zero-order valence-electron chi connectivity index (χ0n) is 10.8. The summed E-state index contributed by atoms with van der Waals surface area (Å²) in [6.45, 7) is 2.08. The zero-order valence-corrected chi connectivity index (χ0v) is 11.5. The average Bonchev–Trinajstić information content (AvgIpc) is 2.68. The zero-order chi connectivity index (χ0) is 13.8. The van der Waals surface area contributed by atoms with Gasteiger partial charge in [0.25, 0.3) is 0 Å². The van der Waals surface area contributed by atoms with Crippen LogP contribution in [0, 0.1) is 6.92 Å². The molecule has 0 saturated carbocycles. The van der Waals surface area contributed by atoms with Crippen molar-refractivity contribution in [3.8, 4) is 0 Å². The molecule has 0 aliphatic carbocycles. The molecule has 2 N–H and O–H groups in total. The normalized spacial score (nSPS) is 10.3. The highest BCUT2D eigenvalue weighted by atomic mass is 35.5. The number of halogens is 1. The topological polar surface area (TPSA) is 59.0 Å². The SMILES string of the molecule is Cc1nn(C)cc1NCC(=O)Nc1ccc(Cl)cc1. The molecule has 1 aromatic heterocycles. The highest BCUT2D eigenvalue weighted by Crippen LogP contribution is 2.14. The highest BCUT2D eigenvalue weighted by Gasteiger charge is 2.06. The number of hydrogen-bond donors (Lipinski definition) is 2. The van der Waals surface area contributed by atoms with Crippen LogP contribution in [0.25, 0.3) is 0 Å². The molecule has 0 radical (unpaired) electrons. The molecule has 0 spiro atoms. The summed E-state index contributed by atoms with van der Waals surface area (Å²) in [5.74, 6) is -0.120. The van der Waals surface area contributed by atoms with Crippen LogP contribution >= 0.6 is 11.6 Å². The van der Waals surface area contributed by atoms with Gasteiger partial charge in [0.2, 0.25) is 5.91 Å². The lowest BCUT2D eigenvalue weighted by atomic mass is 10.3. The monoisotopic (exact) mass is 278 g/mol. The number of carbonyl (C=O) groups is 1. The summed E-state index contributed by atoms with van der Waals surface area (Å²) in [5.41, 5.74) is 2.44. The third-order valence-electron chi connectivity index (χ3n) is 2.58. The van der Waals surface area contributed by atoms with Gasteiger partial charge in [0.15, 0.2) is 0 Å². The molecule has 1 aromatic carbocycles. The first-order chi connectivity index (χ1) is 9.04. The Morgan fingerprint density at radius 3 is 2.63 bits per heavy atom. The van der Waals surface area contributed by atoms with Crippen molar-refractivity contribution in [3.63, 3.8) is 0 Å². The average molecular weight is 279 g/mol. The number of rotatable bonds is 4. The molecule has 0 aliphatic rings. The standard InChI is InChI=1S/C13H15ClN4O/c1-9-12(8-18(2)17-9)15-7-13(19)16-11-5-3-10(14)4-6-11/h3-6,8,15H,7H2,1-2H3,(H,16,19). The van der Waals surface area contributed by atoms with E-state index in [0.29, 0.717) is 5.02 Å². The summed E-state index contributed by atoms with van der Waals surface area (Å²) >= 11 is 5.77. The third-order valence-corrected chi connectivity index (χ3v) is 2.83. The molecular formula is C13H15ClN4O. The van der Waals surface area contributed by atoms with E-state index in [1.807, 2.05) is 20.2 Å². The maximum absolute atomic E-state index is 11.8. The first-order valence-electron chi connectivity index (χ1n) is 5.84. The number of anilines is 2. The molecule has 0 fully saturated rings. The number of amides is 1. The Kier molecular flexibility index (Phi) is 4.06. The van der Waals surface area contributed by atoms with Gasteiger partial charge in [0.05, 0.1) is 17.9 Å². The molecule has 100 valence electrons. The van der Waals surface area contributed by atoms with E-state index in [1.54, 1.807) is 28.9 Å². The van der Waals surface area contributed by atoms with Crippen molar-refractivity contribution < 1.29 is 4.79 Å². The fourth-order valence-electron chi connectivity index (χ4n) is 1.69. The van der Waals surface area contributed by atoms with Gasteiger partial charge in [-0.25, -0.2) is 0 Å². The van der Waals surface area contributed by atoms with Crippen LogP contribution in [-0.2, 0) is 11.8 Å². The van der Waals surface area contributed by atoms with Crippen LogP contribution in [0.3, 0.4) is 0 Å². The molecule has 0 bridgehead atoms. The van der Waals surface area contributed by atoms with Crippen LogP contribution < -0.4 is 10.6 Å². The second-order valence-corrected chi connectivity index (χ2v) is 4.65. The number of aromatic nitrogens is 2. The van der Waals surface area contributed by atoms with E-state index in [2.05, 4.69) is 15.7 Å². The number of nitrogens with one attached hydrogen (secondary N) is 2. The fraction of sp³-hybridized carbons (Fsp3) is 0.231. The van der Waals surface area contributed by atoms with Crippen molar-refractivity contribution in [3.05, 3.63) is 41.2 Å². The first kappa shape index (κ1) is 13.4. The molecule has 0 aliphatic heterocycles. The fourth-order valence-corrected chi connectivity index (χ4v) is 1.81. The van der Waals surface area contributed by atoms with Crippen molar-refractivity contribution in [2.24, 2.45) is 7.05 Å². The summed E-state index contributed by atoms with van der Waals surface area (Å²) in [5, 5.41) is 10.7. The summed E-state index contributed by atoms with van der Waals surface area (Å²) in [4.78, 5) is 11.8. The van der Waals surface area contributed by atoms with Crippen LogP contribution in [0.1, 0.15) is 5.69 Å². The second-order valence-electron chi connectivity index (χ2n) is 4.21. The van der Waals surface area contributed by atoms with Gasteiger partial charge in [-0.05, 0) is 31.2 Å². The number of nitrogens with zero attached hydrogens (tertiary/aromatic N) is 2. The lowest BCUT2D eigenvalue weighted by Gasteiger charge is -2.06. The quantitative estimate of drug-likeness (QED) is 0.903.